The molecule has 0 unspecified atom stereocenters. The van der Waals surface area contributed by atoms with E-state index in [1.165, 1.54) is 47.6 Å². The normalized spacial score (nSPS) is 16.3. The van der Waals surface area contributed by atoms with Gasteiger partial charge in [-0.1, -0.05) is 30.2 Å². The minimum atomic E-state index is -5.27. The summed E-state index contributed by atoms with van der Waals surface area (Å²) in [5.74, 6) is -4.17. The summed E-state index contributed by atoms with van der Waals surface area (Å²) in [6.45, 7) is 1.71. The highest BCUT2D eigenvalue weighted by molar-refractivity contribution is 6.31. The first-order valence-corrected chi connectivity index (χ1v) is 16.8. The van der Waals surface area contributed by atoms with Crippen LogP contribution in [-0.2, 0) is 15.8 Å². The van der Waals surface area contributed by atoms with Gasteiger partial charge in [-0.3, -0.25) is 19.1 Å². The number of hydrogen-bond donors (Lipinski definition) is 1. The Kier molecular flexibility index (Phi) is 9.87. The zero-order chi connectivity index (χ0) is 39.9. The number of anilines is 1. The van der Waals surface area contributed by atoms with Crippen molar-refractivity contribution in [1.82, 2.24) is 49.3 Å². The van der Waals surface area contributed by atoms with E-state index < -0.39 is 47.4 Å². The number of benzene rings is 1. The van der Waals surface area contributed by atoms with E-state index in [0.717, 1.165) is 21.8 Å². The Morgan fingerprint density at radius 2 is 1.75 bits per heavy atom. The van der Waals surface area contributed by atoms with Crippen LogP contribution in [0, 0.1) is 5.92 Å². The molecule has 5 aromatic heterocycles. The molecule has 1 aliphatic rings. The van der Waals surface area contributed by atoms with Gasteiger partial charge in [0.15, 0.2) is 11.5 Å². The average Bonchev–Trinajstić information content (AvgIpc) is 3.82. The summed E-state index contributed by atoms with van der Waals surface area (Å²) >= 11 is 6.24. The molecule has 0 saturated heterocycles. The van der Waals surface area contributed by atoms with Crippen molar-refractivity contribution in [3.63, 3.8) is 0 Å². The van der Waals surface area contributed by atoms with Crippen LogP contribution in [0.25, 0.3) is 34.0 Å². The van der Waals surface area contributed by atoms with Gasteiger partial charge in [0.1, 0.15) is 12.0 Å². The van der Waals surface area contributed by atoms with Gasteiger partial charge in [-0.05, 0) is 43.2 Å². The third-order valence-corrected chi connectivity index (χ3v) is 8.89. The summed E-state index contributed by atoms with van der Waals surface area (Å²) in [4.78, 5) is 55.2. The van der Waals surface area contributed by atoms with E-state index in [-0.39, 0.29) is 45.1 Å². The number of rotatable bonds is 5. The lowest BCUT2D eigenvalue weighted by atomic mass is 9.97. The lowest BCUT2D eigenvalue weighted by Crippen LogP contribution is -2.28. The standard InChI is InChI=1S/C34H24ClF6N11O4/c1-17-3-2-4-25(50-16-45-21(11-29(50)53)20-10-19(35)5-6-24(20)51-14-26(47-49-51)33(36,37)38)22-9-18(7-8-42-22)30-23(46-31(17)54)13-52(48-30)27-12-28(44-15-43-27)56-32(55)34(39,40)41/h5-17,25H,2-4H2,1H3,(H,46,54)/t17-,25+/m1/s1. The molecule has 1 aromatic carbocycles. The zero-order valence-electron chi connectivity index (χ0n) is 28.5. The molecular formula is C34H24ClF6N11O4. The first-order chi connectivity index (χ1) is 26.5. The van der Waals surface area contributed by atoms with Gasteiger partial charge in [0, 0.05) is 40.4 Å². The van der Waals surface area contributed by atoms with E-state index in [9.17, 15) is 40.7 Å². The summed E-state index contributed by atoms with van der Waals surface area (Å²) < 4.78 is 86.0. The van der Waals surface area contributed by atoms with Crippen molar-refractivity contribution in [2.24, 2.45) is 5.92 Å². The van der Waals surface area contributed by atoms with Crippen molar-refractivity contribution in [2.75, 3.05) is 5.32 Å². The van der Waals surface area contributed by atoms with Crippen LogP contribution in [0.3, 0.4) is 0 Å². The summed E-state index contributed by atoms with van der Waals surface area (Å²) in [5, 5.41) is 14.4. The summed E-state index contributed by atoms with van der Waals surface area (Å²) in [6.07, 6.45) is -3.14. The first kappa shape index (κ1) is 37.8. The van der Waals surface area contributed by atoms with Crippen LogP contribution in [0.15, 0.2) is 78.5 Å². The molecule has 0 spiro atoms. The second-order valence-corrected chi connectivity index (χ2v) is 12.9. The third kappa shape index (κ3) is 7.83. The maximum absolute atomic E-state index is 13.9. The van der Waals surface area contributed by atoms with Gasteiger partial charge < -0.3 is 10.1 Å². The Morgan fingerprint density at radius 3 is 2.48 bits per heavy atom. The van der Waals surface area contributed by atoms with Crippen molar-refractivity contribution < 1.29 is 40.7 Å². The number of hydrogen-bond acceptors (Lipinski definition) is 11. The molecule has 15 nitrogen and oxygen atoms in total. The summed E-state index contributed by atoms with van der Waals surface area (Å²) in [7, 11) is 0. The molecule has 7 rings (SSSR count). The number of aromatic nitrogens is 10. The van der Waals surface area contributed by atoms with Gasteiger partial charge in [0.2, 0.25) is 11.8 Å². The fraction of sp³-hybridized carbons (Fsp3) is 0.235. The van der Waals surface area contributed by atoms with Crippen LogP contribution in [0.5, 0.6) is 5.88 Å². The van der Waals surface area contributed by atoms with Crippen LogP contribution >= 0.6 is 11.6 Å². The summed E-state index contributed by atoms with van der Waals surface area (Å²) in [6, 6.07) is 8.96. The molecule has 56 heavy (non-hydrogen) atoms. The second kappa shape index (κ2) is 14.6. The lowest BCUT2D eigenvalue weighted by Gasteiger charge is -2.22. The number of alkyl halides is 6. The maximum Gasteiger partial charge on any atom is 0.491 e. The molecule has 0 fully saturated rings. The van der Waals surface area contributed by atoms with Gasteiger partial charge in [-0.25, -0.2) is 29.1 Å². The highest BCUT2D eigenvalue weighted by Gasteiger charge is 2.42. The molecule has 2 bridgehead atoms. The number of ether oxygens (including phenoxy) is 1. The molecule has 22 heteroatoms. The lowest BCUT2D eigenvalue weighted by molar-refractivity contribution is -0.190. The fourth-order valence-electron chi connectivity index (χ4n) is 5.89. The van der Waals surface area contributed by atoms with Gasteiger partial charge >= 0.3 is 18.3 Å². The Hall–Kier alpha value is -6.51. The molecule has 0 saturated carbocycles. The number of esters is 1. The minimum Gasteiger partial charge on any atom is -0.401 e. The Bertz CT molecular complexity index is 2530. The van der Waals surface area contributed by atoms with Gasteiger partial charge in [0.05, 0.1) is 47.5 Å². The topological polar surface area (TPSA) is 177 Å². The number of pyridine rings is 1. The molecular weight excluding hydrogens is 776 g/mol. The number of carbonyl (C=O) groups excluding carboxylic acids is 2. The Balaban J connectivity index is 1.26. The fourth-order valence-corrected chi connectivity index (χ4v) is 6.06. The third-order valence-electron chi connectivity index (χ3n) is 8.66. The predicted molar refractivity (Wildman–Crippen MR) is 183 cm³/mol. The molecule has 2 atom stereocenters. The maximum atomic E-state index is 13.9. The Labute approximate surface area is 315 Å². The van der Waals surface area contributed by atoms with Gasteiger partial charge in [0.25, 0.3) is 5.56 Å². The van der Waals surface area contributed by atoms with Gasteiger partial charge in [-0.2, -0.15) is 31.4 Å². The van der Waals surface area contributed by atoms with E-state index in [0.29, 0.717) is 36.7 Å². The van der Waals surface area contributed by atoms with Crippen molar-refractivity contribution in [2.45, 2.75) is 44.6 Å². The molecule has 0 aliphatic carbocycles. The largest absolute Gasteiger partial charge is 0.491 e. The van der Waals surface area contributed by atoms with E-state index in [4.69, 9.17) is 11.6 Å². The molecule has 288 valence electrons. The minimum absolute atomic E-state index is 0.0872. The average molecular weight is 800 g/mol. The van der Waals surface area contributed by atoms with Crippen molar-refractivity contribution >= 4 is 29.2 Å². The van der Waals surface area contributed by atoms with Gasteiger partial charge in [-0.15, -0.1) is 5.10 Å². The van der Waals surface area contributed by atoms with Crippen LogP contribution in [0.1, 0.15) is 43.6 Å². The van der Waals surface area contributed by atoms with E-state index in [1.54, 1.807) is 19.1 Å². The quantitative estimate of drug-likeness (QED) is 0.159. The monoisotopic (exact) mass is 799 g/mol. The number of carbonyl (C=O) groups is 2. The van der Waals surface area contributed by atoms with Crippen LogP contribution in [0.4, 0.5) is 32.0 Å². The SMILES string of the molecule is C[C@@H]1CCC[C@H](n2cnc(-c3cc(Cl)ccc3-n3cc(C(F)(F)F)nn3)cc2=O)c2cc(ccn2)-c2nn(-c3cc(OC(=O)C(F)(F)F)ncn3)cc2NC1=O. The highest BCUT2D eigenvalue weighted by Crippen LogP contribution is 2.34. The second-order valence-electron chi connectivity index (χ2n) is 12.5. The molecule has 1 amide bonds. The van der Waals surface area contributed by atoms with E-state index in [2.05, 4.69) is 45.4 Å². The number of fused-ring (bicyclic) bond motifs is 4. The predicted octanol–water partition coefficient (Wildman–Crippen LogP) is 6.02. The zero-order valence-corrected chi connectivity index (χ0v) is 29.2. The molecule has 6 aromatic rings. The number of nitrogens with zero attached hydrogens (tertiary/aromatic N) is 10. The molecule has 0 radical (unpaired) electrons. The Morgan fingerprint density at radius 1 is 0.946 bits per heavy atom. The smallest absolute Gasteiger partial charge is 0.401 e. The molecule has 6 heterocycles. The van der Waals surface area contributed by atoms with Crippen LogP contribution in [-0.4, -0.2) is 67.3 Å². The van der Waals surface area contributed by atoms with E-state index >= 15 is 0 Å². The van der Waals surface area contributed by atoms with Crippen molar-refractivity contribution in [1.29, 1.82) is 0 Å². The number of halogens is 7. The first-order valence-electron chi connectivity index (χ1n) is 16.4. The van der Waals surface area contributed by atoms with Crippen LogP contribution < -0.4 is 15.6 Å². The highest BCUT2D eigenvalue weighted by atomic mass is 35.5. The van der Waals surface area contributed by atoms with E-state index in [1.807, 2.05) is 0 Å². The molecule has 1 aliphatic heterocycles. The number of nitrogens with one attached hydrogen (secondary N) is 1. The van der Waals surface area contributed by atoms with Crippen LogP contribution in [0.2, 0.25) is 5.02 Å². The number of amides is 1. The van der Waals surface area contributed by atoms with Crippen molar-refractivity contribution in [3.05, 3.63) is 100 Å². The van der Waals surface area contributed by atoms with Crippen molar-refractivity contribution in [3.8, 4) is 39.9 Å². The summed E-state index contributed by atoms with van der Waals surface area (Å²) in [5.41, 5.74) is -0.0935. The molecule has 1 N–H and O–H groups in total.